The van der Waals surface area contributed by atoms with Gasteiger partial charge in [-0.2, -0.15) is 5.10 Å². The molecular weight excluding hydrogens is 380 g/mol. The topological polar surface area (TPSA) is 77.2 Å². The van der Waals surface area contributed by atoms with Crippen LogP contribution in [0, 0.1) is 0 Å². The number of piperazine rings is 1. The maximum Gasteiger partial charge on any atom is 0.275 e. The van der Waals surface area contributed by atoms with Crippen LogP contribution >= 0.6 is 12.4 Å². The summed E-state index contributed by atoms with van der Waals surface area (Å²) < 4.78 is 8.83. The first-order valence-electron chi connectivity index (χ1n) is 8.86. The molecular formula is C19H23ClN6O2. The molecule has 1 N–H and O–H groups in total. The lowest BCUT2D eigenvalue weighted by molar-refractivity contribution is 0.0614. The molecule has 1 aliphatic rings. The van der Waals surface area contributed by atoms with E-state index in [4.69, 9.17) is 4.74 Å². The highest BCUT2D eigenvalue weighted by atomic mass is 35.5. The molecule has 0 radical (unpaired) electrons. The van der Waals surface area contributed by atoms with Crippen molar-refractivity contribution in [3.05, 3.63) is 60.4 Å². The van der Waals surface area contributed by atoms with Crippen molar-refractivity contribution in [2.45, 2.75) is 6.04 Å². The molecule has 1 fully saturated rings. The van der Waals surface area contributed by atoms with Crippen molar-refractivity contribution < 1.29 is 9.53 Å². The largest absolute Gasteiger partial charge is 0.497 e. The molecule has 4 rings (SSSR count). The molecule has 8 nitrogen and oxygen atoms in total. The lowest BCUT2D eigenvalue weighted by Gasteiger charge is -2.35. The molecule has 1 amide bonds. The molecule has 3 aromatic rings. The van der Waals surface area contributed by atoms with E-state index < -0.39 is 0 Å². The molecule has 1 saturated heterocycles. The first-order chi connectivity index (χ1) is 13.2. The van der Waals surface area contributed by atoms with Crippen LogP contribution in [0.5, 0.6) is 5.75 Å². The summed E-state index contributed by atoms with van der Waals surface area (Å²) in [7, 11) is 3.57. The molecule has 0 aliphatic carbocycles. The number of aromatic nitrogens is 4. The molecule has 1 unspecified atom stereocenters. The van der Waals surface area contributed by atoms with Crippen molar-refractivity contribution in [1.29, 1.82) is 0 Å². The number of carbonyl (C=O) groups is 1. The average Bonchev–Trinajstić information content (AvgIpc) is 3.37. The third-order valence-corrected chi connectivity index (χ3v) is 4.81. The highest BCUT2D eigenvalue weighted by Crippen LogP contribution is 2.23. The van der Waals surface area contributed by atoms with E-state index >= 15 is 0 Å². The molecule has 1 aromatic carbocycles. The number of hydrogen-bond acceptors (Lipinski definition) is 5. The minimum atomic E-state index is -0.114. The molecule has 1 aliphatic heterocycles. The fraction of sp³-hybridized carbons (Fsp3) is 0.316. The minimum absolute atomic E-state index is 0. The highest BCUT2D eigenvalue weighted by Gasteiger charge is 2.32. The van der Waals surface area contributed by atoms with Crippen LogP contribution in [0.15, 0.2) is 48.9 Å². The van der Waals surface area contributed by atoms with E-state index in [1.807, 2.05) is 47.0 Å². The molecule has 0 spiro atoms. The van der Waals surface area contributed by atoms with Gasteiger partial charge in [0, 0.05) is 45.3 Å². The van der Waals surface area contributed by atoms with Gasteiger partial charge >= 0.3 is 0 Å². The van der Waals surface area contributed by atoms with Crippen LogP contribution in [-0.4, -0.2) is 56.9 Å². The van der Waals surface area contributed by atoms with E-state index in [-0.39, 0.29) is 24.4 Å². The van der Waals surface area contributed by atoms with Crippen molar-refractivity contribution in [2.24, 2.45) is 7.05 Å². The summed E-state index contributed by atoms with van der Waals surface area (Å²) in [6.45, 7) is 2.05. The van der Waals surface area contributed by atoms with Crippen molar-refractivity contribution >= 4 is 18.3 Å². The standard InChI is InChI=1S/C19H22N6O2.ClH/c1-23-11-9-21-18(23)17-13-20-8-12-24(17)19(26)16-7-10-25(22-16)14-3-5-15(27-2)6-4-14;/h3-7,9-11,17,20H,8,12-13H2,1-2H3;1H. The molecule has 0 saturated carbocycles. The van der Waals surface area contributed by atoms with Crippen LogP contribution in [0.2, 0.25) is 0 Å². The van der Waals surface area contributed by atoms with E-state index in [1.54, 1.807) is 30.3 Å². The van der Waals surface area contributed by atoms with Gasteiger partial charge in [-0.1, -0.05) is 0 Å². The number of rotatable bonds is 4. The van der Waals surface area contributed by atoms with Gasteiger partial charge in [0.05, 0.1) is 12.8 Å². The van der Waals surface area contributed by atoms with Gasteiger partial charge in [0.1, 0.15) is 17.6 Å². The normalized spacial score (nSPS) is 16.5. The van der Waals surface area contributed by atoms with Crippen molar-refractivity contribution in [3.8, 4) is 11.4 Å². The number of amides is 1. The number of halogens is 1. The predicted molar refractivity (Wildman–Crippen MR) is 107 cm³/mol. The highest BCUT2D eigenvalue weighted by molar-refractivity contribution is 5.92. The fourth-order valence-corrected chi connectivity index (χ4v) is 3.34. The molecule has 9 heteroatoms. The number of benzene rings is 1. The summed E-state index contributed by atoms with van der Waals surface area (Å²) >= 11 is 0. The average molecular weight is 403 g/mol. The second kappa shape index (κ2) is 8.45. The molecule has 1 atom stereocenters. The smallest absolute Gasteiger partial charge is 0.275 e. The van der Waals surface area contributed by atoms with Crippen LogP contribution in [0.4, 0.5) is 0 Å². The zero-order chi connectivity index (χ0) is 18.8. The first kappa shape index (κ1) is 19.9. The summed E-state index contributed by atoms with van der Waals surface area (Å²) in [5.74, 6) is 1.56. The Labute approximate surface area is 169 Å². The van der Waals surface area contributed by atoms with E-state index in [9.17, 15) is 4.79 Å². The third kappa shape index (κ3) is 3.74. The van der Waals surface area contributed by atoms with Crippen LogP contribution in [0.3, 0.4) is 0 Å². The van der Waals surface area contributed by atoms with Crippen molar-refractivity contribution in [3.63, 3.8) is 0 Å². The van der Waals surface area contributed by atoms with Gasteiger partial charge in [-0.25, -0.2) is 9.67 Å². The van der Waals surface area contributed by atoms with Crippen LogP contribution < -0.4 is 10.1 Å². The molecule has 28 heavy (non-hydrogen) atoms. The van der Waals surface area contributed by atoms with Crippen molar-refractivity contribution in [2.75, 3.05) is 26.7 Å². The van der Waals surface area contributed by atoms with Gasteiger partial charge in [0.2, 0.25) is 0 Å². The van der Waals surface area contributed by atoms with E-state index in [0.717, 1.165) is 23.8 Å². The number of methoxy groups -OCH3 is 1. The molecule has 148 valence electrons. The van der Waals surface area contributed by atoms with Crippen molar-refractivity contribution in [1.82, 2.24) is 29.5 Å². The zero-order valence-electron chi connectivity index (χ0n) is 15.8. The Hall–Kier alpha value is -2.84. The maximum absolute atomic E-state index is 13.1. The summed E-state index contributed by atoms with van der Waals surface area (Å²) in [6, 6.07) is 9.18. The molecule has 3 heterocycles. The van der Waals surface area contributed by atoms with Gasteiger partial charge in [0.15, 0.2) is 5.69 Å². The Balaban J connectivity index is 0.00000225. The number of hydrogen-bond donors (Lipinski definition) is 1. The lowest BCUT2D eigenvalue weighted by atomic mass is 10.1. The summed E-state index contributed by atoms with van der Waals surface area (Å²) in [5.41, 5.74) is 1.29. The second-order valence-electron chi connectivity index (χ2n) is 6.46. The van der Waals surface area contributed by atoms with Gasteiger partial charge in [-0.15, -0.1) is 12.4 Å². The predicted octanol–water partition coefficient (Wildman–Crippen LogP) is 1.82. The third-order valence-electron chi connectivity index (χ3n) is 4.81. The summed E-state index contributed by atoms with van der Waals surface area (Å²) in [4.78, 5) is 19.4. The van der Waals surface area contributed by atoms with Crippen LogP contribution in [0.1, 0.15) is 22.4 Å². The lowest BCUT2D eigenvalue weighted by Crippen LogP contribution is -2.49. The van der Waals surface area contributed by atoms with Gasteiger partial charge in [-0.3, -0.25) is 4.79 Å². The second-order valence-corrected chi connectivity index (χ2v) is 6.46. The number of aryl methyl sites for hydroxylation is 1. The van der Waals surface area contributed by atoms with Gasteiger partial charge < -0.3 is 19.5 Å². The number of nitrogens with one attached hydrogen (secondary N) is 1. The number of imidazole rings is 1. The maximum atomic E-state index is 13.1. The van der Waals surface area contributed by atoms with Crippen LogP contribution in [-0.2, 0) is 7.05 Å². The molecule has 0 bridgehead atoms. The van der Waals surface area contributed by atoms with Gasteiger partial charge in [-0.05, 0) is 30.3 Å². The molecule has 2 aromatic heterocycles. The minimum Gasteiger partial charge on any atom is -0.497 e. The zero-order valence-corrected chi connectivity index (χ0v) is 16.6. The van der Waals surface area contributed by atoms with E-state index in [0.29, 0.717) is 18.8 Å². The SMILES string of the molecule is COc1ccc(-n2ccc(C(=O)N3CCNCC3c3nccn3C)n2)cc1.Cl. The Morgan fingerprint density at radius 1 is 1.21 bits per heavy atom. The number of carbonyl (C=O) groups excluding carboxylic acids is 1. The summed E-state index contributed by atoms with van der Waals surface area (Å²) in [6.07, 6.45) is 5.45. The fourth-order valence-electron chi connectivity index (χ4n) is 3.34. The van der Waals surface area contributed by atoms with Crippen LogP contribution in [0.25, 0.3) is 5.69 Å². The Morgan fingerprint density at radius 3 is 2.68 bits per heavy atom. The quantitative estimate of drug-likeness (QED) is 0.720. The summed E-state index contributed by atoms with van der Waals surface area (Å²) in [5, 5.41) is 7.83. The van der Waals surface area contributed by atoms with E-state index in [1.165, 1.54) is 0 Å². The Kier molecular flexibility index (Phi) is 6.01. The monoisotopic (exact) mass is 402 g/mol. The number of nitrogens with zero attached hydrogens (tertiary/aromatic N) is 5. The Morgan fingerprint density at radius 2 is 2.00 bits per heavy atom. The van der Waals surface area contributed by atoms with E-state index in [2.05, 4.69) is 15.4 Å². The Bertz CT molecular complexity index is 936. The number of ether oxygens (including phenoxy) is 1. The van der Waals surface area contributed by atoms with Gasteiger partial charge in [0.25, 0.3) is 5.91 Å². The first-order valence-corrected chi connectivity index (χ1v) is 8.86.